The Hall–Kier alpha value is 0.230. The first-order valence-corrected chi connectivity index (χ1v) is 8.72. The van der Waals surface area contributed by atoms with Crippen LogP contribution >= 0.6 is 67.8 Å². The molecule has 0 saturated carbocycles. The molecule has 2 nitrogen and oxygen atoms in total. The summed E-state index contributed by atoms with van der Waals surface area (Å²) in [6, 6.07) is 10.1. The van der Waals surface area contributed by atoms with Gasteiger partial charge in [-0.15, -0.1) is 0 Å². The summed E-state index contributed by atoms with van der Waals surface area (Å²) in [5, 5.41) is 0. The number of hydrogen-bond donors (Lipinski definition) is 0. The van der Waals surface area contributed by atoms with Gasteiger partial charge in [0.15, 0.2) is 5.75 Å². The van der Waals surface area contributed by atoms with Crippen LogP contribution in [0.3, 0.4) is 0 Å². The summed E-state index contributed by atoms with van der Waals surface area (Å²) in [4.78, 5) is 0. The van der Waals surface area contributed by atoms with Crippen LogP contribution in [0.15, 0.2) is 30.3 Å². The van der Waals surface area contributed by atoms with Crippen LogP contribution in [0.2, 0.25) is 0 Å². The van der Waals surface area contributed by atoms with Crippen molar-refractivity contribution in [3.05, 3.63) is 46.6 Å². The van der Waals surface area contributed by atoms with E-state index >= 15 is 0 Å². The minimum Gasteiger partial charge on any atom is -0.496 e. The van der Waals surface area contributed by atoms with Crippen molar-refractivity contribution in [2.75, 3.05) is 7.11 Å². The highest BCUT2D eigenvalue weighted by molar-refractivity contribution is 14.1. The molecule has 0 unspecified atom stereocenters. The molecule has 0 N–H and O–H groups in total. The largest absolute Gasteiger partial charge is 0.496 e. The highest BCUT2D eigenvalue weighted by atomic mass is 127. The van der Waals surface area contributed by atoms with Gasteiger partial charge < -0.3 is 9.47 Å². The molecule has 0 saturated heterocycles. The maximum absolute atomic E-state index is 6.00. The summed E-state index contributed by atoms with van der Waals surface area (Å²) in [5.41, 5.74) is 1.24. The van der Waals surface area contributed by atoms with Crippen LogP contribution in [0.1, 0.15) is 5.56 Å². The van der Waals surface area contributed by atoms with E-state index in [1.54, 1.807) is 7.11 Å². The molecule has 0 fully saturated rings. The Bertz CT molecular complexity index is 589. The van der Waals surface area contributed by atoms with Gasteiger partial charge in [0.05, 0.1) is 17.8 Å². The molecule has 0 heterocycles. The first kappa shape index (κ1) is 15.6. The second-order valence-corrected chi connectivity index (χ2v) is 7.44. The number of rotatable bonds is 3. The van der Waals surface area contributed by atoms with Gasteiger partial charge in [-0.1, -0.05) is 0 Å². The Labute approximate surface area is 153 Å². The van der Waals surface area contributed by atoms with Gasteiger partial charge in [-0.05, 0) is 111 Å². The molecule has 0 aliphatic carbocycles. The lowest BCUT2D eigenvalue weighted by molar-refractivity contribution is 0.409. The molecule has 0 aromatic heterocycles. The summed E-state index contributed by atoms with van der Waals surface area (Å²) < 4.78 is 14.5. The molecule has 2 rings (SSSR count). The lowest BCUT2D eigenvalue weighted by Crippen LogP contribution is -1.93. The third-order valence-corrected chi connectivity index (χ3v) is 4.93. The maximum Gasteiger partial charge on any atom is 0.154 e. The Morgan fingerprint density at radius 1 is 0.895 bits per heavy atom. The molecule has 0 radical (unpaired) electrons. The van der Waals surface area contributed by atoms with Crippen LogP contribution in [-0.4, -0.2) is 7.11 Å². The van der Waals surface area contributed by atoms with E-state index in [0.29, 0.717) is 0 Å². The normalized spacial score (nSPS) is 10.4. The van der Waals surface area contributed by atoms with Gasteiger partial charge in [-0.2, -0.15) is 0 Å². The first-order valence-electron chi connectivity index (χ1n) is 5.48. The minimum atomic E-state index is 0.824. The van der Waals surface area contributed by atoms with Crippen LogP contribution in [0.25, 0.3) is 0 Å². The fourth-order valence-corrected chi connectivity index (χ4v) is 4.62. The van der Waals surface area contributed by atoms with Crippen molar-refractivity contribution in [2.45, 2.75) is 6.92 Å². The van der Waals surface area contributed by atoms with E-state index in [1.165, 1.54) is 5.56 Å². The Morgan fingerprint density at radius 3 is 2.05 bits per heavy atom. The fraction of sp³-hybridized carbons (Fsp3) is 0.143. The van der Waals surface area contributed by atoms with Crippen molar-refractivity contribution in [2.24, 2.45) is 0 Å². The smallest absolute Gasteiger partial charge is 0.154 e. The van der Waals surface area contributed by atoms with E-state index in [0.717, 1.165) is 28.0 Å². The van der Waals surface area contributed by atoms with Gasteiger partial charge in [-0.25, -0.2) is 0 Å². The number of halogens is 3. The van der Waals surface area contributed by atoms with Crippen molar-refractivity contribution >= 4 is 67.8 Å². The summed E-state index contributed by atoms with van der Waals surface area (Å²) in [5.74, 6) is 2.60. The monoisotopic (exact) mass is 592 g/mol. The topological polar surface area (TPSA) is 18.5 Å². The van der Waals surface area contributed by atoms with Crippen molar-refractivity contribution < 1.29 is 9.47 Å². The van der Waals surface area contributed by atoms with E-state index in [2.05, 4.69) is 86.8 Å². The molecule has 5 heteroatoms. The molecule has 19 heavy (non-hydrogen) atoms. The zero-order valence-electron chi connectivity index (χ0n) is 10.3. The third-order valence-electron chi connectivity index (χ3n) is 2.49. The standard InChI is InChI=1S/C14H11I3O2/c1-8-5-11(16)14(12(17)6-8)19-9-3-4-13(18-2)10(15)7-9/h3-7H,1-2H3. The lowest BCUT2D eigenvalue weighted by Gasteiger charge is -2.12. The SMILES string of the molecule is COc1ccc(Oc2c(I)cc(C)cc2I)cc1I. The minimum absolute atomic E-state index is 0.824. The number of methoxy groups -OCH3 is 1. The Kier molecular flexibility index (Phi) is 5.58. The second kappa shape index (κ2) is 6.79. The molecule has 0 aliphatic heterocycles. The van der Waals surface area contributed by atoms with Gasteiger partial charge in [-0.3, -0.25) is 0 Å². The van der Waals surface area contributed by atoms with Crippen LogP contribution in [-0.2, 0) is 0 Å². The summed E-state index contributed by atoms with van der Waals surface area (Å²) in [6.07, 6.45) is 0. The van der Waals surface area contributed by atoms with Crippen LogP contribution in [0.5, 0.6) is 17.2 Å². The lowest BCUT2D eigenvalue weighted by atomic mass is 10.2. The predicted octanol–water partition coefficient (Wildman–Crippen LogP) is 5.61. The molecule has 0 amide bonds. The Balaban J connectivity index is 2.34. The second-order valence-electron chi connectivity index (χ2n) is 3.96. The number of aryl methyl sites for hydroxylation is 1. The van der Waals surface area contributed by atoms with E-state index in [4.69, 9.17) is 9.47 Å². The summed E-state index contributed by atoms with van der Waals surface area (Å²) in [7, 11) is 1.67. The van der Waals surface area contributed by atoms with Crippen molar-refractivity contribution in [1.29, 1.82) is 0 Å². The fourth-order valence-electron chi connectivity index (χ4n) is 1.61. The van der Waals surface area contributed by atoms with Gasteiger partial charge in [0.2, 0.25) is 0 Å². The van der Waals surface area contributed by atoms with E-state index < -0.39 is 0 Å². The predicted molar refractivity (Wildman–Crippen MR) is 102 cm³/mol. The summed E-state index contributed by atoms with van der Waals surface area (Å²) >= 11 is 6.85. The van der Waals surface area contributed by atoms with E-state index in [1.807, 2.05) is 18.2 Å². The van der Waals surface area contributed by atoms with Crippen molar-refractivity contribution in [3.8, 4) is 17.2 Å². The molecular weight excluding hydrogens is 581 g/mol. The quantitative estimate of drug-likeness (QED) is 0.432. The van der Waals surface area contributed by atoms with Crippen LogP contribution in [0, 0.1) is 17.6 Å². The molecule has 0 aliphatic rings. The van der Waals surface area contributed by atoms with E-state index in [9.17, 15) is 0 Å². The zero-order chi connectivity index (χ0) is 14.0. The highest BCUT2D eigenvalue weighted by Gasteiger charge is 2.10. The zero-order valence-corrected chi connectivity index (χ0v) is 16.8. The van der Waals surface area contributed by atoms with Crippen molar-refractivity contribution in [1.82, 2.24) is 0 Å². The average molecular weight is 592 g/mol. The van der Waals surface area contributed by atoms with Gasteiger partial charge in [0, 0.05) is 0 Å². The molecule has 0 atom stereocenters. The number of ether oxygens (including phenoxy) is 2. The molecular formula is C14H11I3O2. The van der Waals surface area contributed by atoms with Crippen LogP contribution in [0.4, 0.5) is 0 Å². The highest BCUT2D eigenvalue weighted by Crippen LogP contribution is 2.34. The van der Waals surface area contributed by atoms with Gasteiger partial charge in [0.25, 0.3) is 0 Å². The maximum atomic E-state index is 6.00. The van der Waals surface area contributed by atoms with Gasteiger partial charge >= 0.3 is 0 Å². The summed E-state index contributed by atoms with van der Waals surface area (Å²) in [6.45, 7) is 2.09. The molecule has 100 valence electrons. The number of hydrogen-bond acceptors (Lipinski definition) is 2. The van der Waals surface area contributed by atoms with E-state index in [-0.39, 0.29) is 0 Å². The van der Waals surface area contributed by atoms with Crippen LogP contribution < -0.4 is 9.47 Å². The molecule has 0 bridgehead atoms. The average Bonchev–Trinajstić information content (AvgIpc) is 2.34. The van der Waals surface area contributed by atoms with Crippen molar-refractivity contribution in [3.63, 3.8) is 0 Å². The molecule has 0 spiro atoms. The molecule has 2 aromatic rings. The molecule has 2 aromatic carbocycles. The third kappa shape index (κ3) is 3.87. The van der Waals surface area contributed by atoms with Gasteiger partial charge in [0.1, 0.15) is 11.5 Å². The number of benzene rings is 2. The Morgan fingerprint density at radius 2 is 1.53 bits per heavy atom. The first-order chi connectivity index (χ1) is 9.01.